The maximum Gasteiger partial charge on any atom is 0.149 e. The topological polar surface area (TPSA) is 37.8 Å². The molecule has 1 heterocycles. The number of anilines is 2. The summed E-state index contributed by atoms with van der Waals surface area (Å²) in [5.74, 6) is -0.622. The summed E-state index contributed by atoms with van der Waals surface area (Å²) in [6.45, 7) is 1.86. The second kappa shape index (κ2) is 5.27. The first-order valence-corrected chi connectivity index (χ1v) is 5.72. The lowest BCUT2D eigenvalue weighted by molar-refractivity contribution is 0.590. The van der Waals surface area contributed by atoms with E-state index in [2.05, 4.69) is 15.3 Å². The molecule has 0 bridgehead atoms. The third-order valence-corrected chi connectivity index (χ3v) is 2.47. The molecule has 18 heavy (non-hydrogen) atoms. The summed E-state index contributed by atoms with van der Waals surface area (Å²) in [6, 6.07) is 5.02. The molecule has 0 spiro atoms. The number of benzene rings is 1. The maximum atomic E-state index is 13.4. The number of nitrogens with one attached hydrogen (secondary N) is 1. The fourth-order valence-electron chi connectivity index (χ4n) is 1.43. The van der Waals surface area contributed by atoms with Crippen LogP contribution in [0.2, 0.25) is 5.15 Å². The molecule has 2 aromatic rings. The first-order chi connectivity index (χ1) is 8.60. The van der Waals surface area contributed by atoms with Gasteiger partial charge in [-0.15, -0.1) is 0 Å². The van der Waals surface area contributed by atoms with Crippen LogP contribution >= 0.6 is 11.6 Å². The number of hydrogen-bond donors (Lipinski definition) is 1. The molecule has 0 amide bonds. The van der Waals surface area contributed by atoms with Crippen molar-refractivity contribution in [1.29, 1.82) is 0 Å². The minimum atomic E-state index is -0.692. The first kappa shape index (κ1) is 12.7. The number of para-hydroxylation sites is 1. The van der Waals surface area contributed by atoms with Gasteiger partial charge in [0.2, 0.25) is 0 Å². The lowest BCUT2D eigenvalue weighted by atomic mass is 10.3. The van der Waals surface area contributed by atoms with E-state index in [-0.39, 0.29) is 16.7 Å². The molecule has 0 aliphatic carbocycles. The first-order valence-electron chi connectivity index (χ1n) is 5.34. The van der Waals surface area contributed by atoms with E-state index in [1.54, 1.807) is 0 Å². The highest BCUT2D eigenvalue weighted by Crippen LogP contribution is 2.23. The van der Waals surface area contributed by atoms with Crippen LogP contribution in [0.1, 0.15) is 12.7 Å². The quantitative estimate of drug-likeness (QED) is 0.863. The summed E-state index contributed by atoms with van der Waals surface area (Å²) < 4.78 is 26.9. The van der Waals surface area contributed by atoms with Gasteiger partial charge in [0.15, 0.2) is 0 Å². The van der Waals surface area contributed by atoms with Crippen molar-refractivity contribution in [2.45, 2.75) is 13.3 Å². The molecule has 0 atom stereocenters. The van der Waals surface area contributed by atoms with E-state index in [4.69, 9.17) is 11.6 Å². The molecule has 0 saturated carbocycles. The van der Waals surface area contributed by atoms with Crippen molar-refractivity contribution in [3.05, 3.63) is 46.9 Å². The maximum absolute atomic E-state index is 13.4. The van der Waals surface area contributed by atoms with E-state index in [0.29, 0.717) is 12.2 Å². The smallest absolute Gasteiger partial charge is 0.149 e. The minimum absolute atomic E-state index is 0.223. The molecule has 1 aromatic heterocycles. The van der Waals surface area contributed by atoms with Gasteiger partial charge in [-0.2, -0.15) is 0 Å². The second-order valence-electron chi connectivity index (χ2n) is 3.57. The van der Waals surface area contributed by atoms with Crippen molar-refractivity contribution in [3.8, 4) is 0 Å². The van der Waals surface area contributed by atoms with Crippen LogP contribution in [0.3, 0.4) is 0 Å². The van der Waals surface area contributed by atoms with Gasteiger partial charge in [-0.3, -0.25) is 0 Å². The van der Waals surface area contributed by atoms with Crippen molar-refractivity contribution < 1.29 is 8.78 Å². The second-order valence-corrected chi connectivity index (χ2v) is 3.95. The lowest BCUT2D eigenvalue weighted by Crippen LogP contribution is -2.02. The van der Waals surface area contributed by atoms with Crippen LogP contribution in [0.4, 0.5) is 20.3 Å². The molecule has 6 heteroatoms. The zero-order valence-corrected chi connectivity index (χ0v) is 10.3. The average molecular weight is 270 g/mol. The normalized spacial score (nSPS) is 10.4. The van der Waals surface area contributed by atoms with E-state index in [1.165, 1.54) is 12.1 Å². The Kier molecular flexibility index (Phi) is 3.72. The molecule has 1 N–H and O–H groups in total. The molecular weight excluding hydrogens is 260 g/mol. The standard InChI is InChI=1S/C12H10ClF2N3/c1-2-10-16-9(13)6-11(17-10)18-12-7(14)4-3-5-8(12)15/h3-6H,2H2,1H3,(H,16,17,18). The van der Waals surface area contributed by atoms with Crippen molar-refractivity contribution in [1.82, 2.24) is 9.97 Å². The monoisotopic (exact) mass is 269 g/mol. The van der Waals surface area contributed by atoms with Crippen molar-refractivity contribution in [3.63, 3.8) is 0 Å². The minimum Gasteiger partial charge on any atom is -0.335 e. The number of aromatic nitrogens is 2. The fraction of sp³-hybridized carbons (Fsp3) is 0.167. The summed E-state index contributed by atoms with van der Waals surface area (Å²) in [6.07, 6.45) is 0.578. The van der Waals surface area contributed by atoms with Crippen LogP contribution in [-0.4, -0.2) is 9.97 Å². The Morgan fingerprint density at radius 2 is 1.89 bits per heavy atom. The van der Waals surface area contributed by atoms with Crippen LogP contribution in [0.15, 0.2) is 24.3 Å². The SMILES string of the molecule is CCc1nc(Cl)cc(Nc2c(F)cccc2F)n1. The summed E-state index contributed by atoms with van der Waals surface area (Å²) in [4.78, 5) is 8.06. The van der Waals surface area contributed by atoms with Crippen molar-refractivity contribution in [2.24, 2.45) is 0 Å². The Hall–Kier alpha value is -1.75. The number of hydrogen-bond acceptors (Lipinski definition) is 3. The zero-order chi connectivity index (χ0) is 13.1. The van der Waals surface area contributed by atoms with Gasteiger partial charge >= 0.3 is 0 Å². The molecular formula is C12H10ClF2N3. The Labute approximate surface area is 108 Å². The van der Waals surface area contributed by atoms with Crippen LogP contribution in [0.5, 0.6) is 0 Å². The lowest BCUT2D eigenvalue weighted by Gasteiger charge is -2.09. The molecule has 0 saturated heterocycles. The third-order valence-electron chi connectivity index (χ3n) is 2.27. The van der Waals surface area contributed by atoms with Gasteiger partial charge in [0.25, 0.3) is 0 Å². The Balaban J connectivity index is 2.37. The van der Waals surface area contributed by atoms with Gasteiger partial charge in [0.1, 0.15) is 34.1 Å². The summed E-state index contributed by atoms with van der Waals surface area (Å²) in [5.41, 5.74) is -0.255. The number of nitrogens with zero attached hydrogens (tertiary/aromatic N) is 2. The van der Waals surface area contributed by atoms with Gasteiger partial charge in [-0.1, -0.05) is 24.6 Å². The van der Waals surface area contributed by atoms with Gasteiger partial charge in [-0.05, 0) is 12.1 Å². The summed E-state index contributed by atoms with van der Waals surface area (Å²) in [5, 5.41) is 2.79. The predicted octanol–water partition coefficient (Wildman–Crippen LogP) is 3.71. The highest BCUT2D eigenvalue weighted by Gasteiger charge is 2.10. The largest absolute Gasteiger partial charge is 0.335 e. The highest BCUT2D eigenvalue weighted by molar-refractivity contribution is 6.29. The molecule has 0 unspecified atom stereocenters. The van der Waals surface area contributed by atoms with Gasteiger partial charge in [0.05, 0.1) is 0 Å². The van der Waals surface area contributed by atoms with Crippen LogP contribution in [0.25, 0.3) is 0 Å². The predicted molar refractivity (Wildman–Crippen MR) is 66.1 cm³/mol. The summed E-state index contributed by atoms with van der Waals surface area (Å²) >= 11 is 5.80. The van der Waals surface area contributed by atoms with Crippen LogP contribution < -0.4 is 5.32 Å². The zero-order valence-electron chi connectivity index (χ0n) is 9.54. The molecule has 0 aliphatic heterocycles. The number of aryl methyl sites for hydroxylation is 1. The Bertz CT molecular complexity index is 555. The third kappa shape index (κ3) is 2.73. The Morgan fingerprint density at radius 3 is 2.50 bits per heavy atom. The van der Waals surface area contributed by atoms with Crippen molar-refractivity contribution >= 4 is 23.1 Å². The fourth-order valence-corrected chi connectivity index (χ4v) is 1.63. The molecule has 0 aliphatic rings. The molecule has 1 aromatic carbocycles. The van der Waals surface area contributed by atoms with Gasteiger partial charge in [-0.25, -0.2) is 18.7 Å². The number of halogens is 3. The molecule has 3 nitrogen and oxygen atoms in total. The van der Waals surface area contributed by atoms with E-state index in [1.807, 2.05) is 6.92 Å². The van der Waals surface area contributed by atoms with Crippen LogP contribution in [-0.2, 0) is 6.42 Å². The number of rotatable bonds is 3. The van der Waals surface area contributed by atoms with Gasteiger partial charge in [0, 0.05) is 12.5 Å². The summed E-state index contributed by atoms with van der Waals surface area (Å²) in [7, 11) is 0. The highest BCUT2D eigenvalue weighted by atomic mass is 35.5. The van der Waals surface area contributed by atoms with E-state index in [0.717, 1.165) is 12.1 Å². The van der Waals surface area contributed by atoms with Gasteiger partial charge < -0.3 is 5.32 Å². The van der Waals surface area contributed by atoms with E-state index in [9.17, 15) is 8.78 Å². The molecule has 94 valence electrons. The van der Waals surface area contributed by atoms with Crippen molar-refractivity contribution in [2.75, 3.05) is 5.32 Å². The molecule has 2 rings (SSSR count). The van der Waals surface area contributed by atoms with E-state index >= 15 is 0 Å². The Morgan fingerprint density at radius 1 is 1.22 bits per heavy atom. The average Bonchev–Trinajstić information content (AvgIpc) is 2.33. The van der Waals surface area contributed by atoms with Crippen LogP contribution in [0, 0.1) is 11.6 Å². The van der Waals surface area contributed by atoms with E-state index < -0.39 is 11.6 Å². The molecule has 0 fully saturated rings. The molecule has 0 radical (unpaired) electrons.